The van der Waals surface area contributed by atoms with Crippen LogP contribution in [0, 0.1) is 0 Å². The Hall–Kier alpha value is -0.810. The third-order valence-corrected chi connectivity index (χ3v) is 3.58. The minimum atomic E-state index is -0.0669. The lowest BCUT2D eigenvalue weighted by atomic mass is 10.2. The second-order valence-electron chi connectivity index (χ2n) is 3.75. The van der Waals surface area contributed by atoms with Crippen LogP contribution in [0.3, 0.4) is 0 Å². The van der Waals surface area contributed by atoms with Crippen LogP contribution in [0.5, 0.6) is 5.88 Å². The third-order valence-electron chi connectivity index (χ3n) is 2.83. The van der Waals surface area contributed by atoms with E-state index in [0.717, 1.165) is 24.3 Å². The van der Waals surface area contributed by atoms with E-state index in [0.29, 0.717) is 12.6 Å². The molecule has 0 spiro atoms. The van der Waals surface area contributed by atoms with Crippen LogP contribution in [0.25, 0.3) is 0 Å². The summed E-state index contributed by atoms with van der Waals surface area (Å²) in [5.74, 6) is 0.0975. The summed E-state index contributed by atoms with van der Waals surface area (Å²) in [7, 11) is 2.06. The van der Waals surface area contributed by atoms with E-state index in [-0.39, 0.29) is 10.8 Å². The Kier molecular flexibility index (Phi) is 2.60. The monoisotopic (exact) mass is 214 g/mol. The fourth-order valence-corrected chi connectivity index (χ4v) is 2.54. The lowest BCUT2D eigenvalue weighted by Gasteiger charge is -2.19. The van der Waals surface area contributed by atoms with Gasteiger partial charge in [-0.1, -0.05) is 11.3 Å². The van der Waals surface area contributed by atoms with Gasteiger partial charge in [-0.3, -0.25) is 9.36 Å². The number of hydrogen-bond donors (Lipinski definition) is 1. The van der Waals surface area contributed by atoms with Gasteiger partial charge in [0.1, 0.15) is 0 Å². The minimum absolute atomic E-state index is 0.0669. The van der Waals surface area contributed by atoms with Crippen LogP contribution in [0.15, 0.2) is 10.2 Å². The van der Waals surface area contributed by atoms with Gasteiger partial charge in [-0.2, -0.15) is 0 Å². The SMILES string of the molecule is CN1CCC[C@H]1Cn1c(O)csc1=O. The Labute approximate surface area is 86.4 Å². The Bertz CT molecular complexity index is 371. The maximum Gasteiger partial charge on any atom is 0.310 e. The van der Waals surface area contributed by atoms with E-state index < -0.39 is 0 Å². The average molecular weight is 214 g/mol. The molecule has 1 fully saturated rings. The van der Waals surface area contributed by atoms with Crippen LogP contribution >= 0.6 is 11.3 Å². The molecule has 1 aliphatic heterocycles. The van der Waals surface area contributed by atoms with Gasteiger partial charge in [0.05, 0.1) is 5.38 Å². The van der Waals surface area contributed by atoms with Crippen molar-refractivity contribution in [1.82, 2.24) is 9.47 Å². The molecule has 5 heteroatoms. The third kappa shape index (κ3) is 1.69. The molecule has 1 saturated heterocycles. The largest absolute Gasteiger partial charge is 0.494 e. The molecule has 0 amide bonds. The molecular formula is C9H14N2O2S. The van der Waals surface area contributed by atoms with Gasteiger partial charge >= 0.3 is 4.87 Å². The lowest BCUT2D eigenvalue weighted by molar-refractivity contribution is 0.270. The summed E-state index contributed by atoms with van der Waals surface area (Å²) >= 11 is 1.05. The molecule has 0 saturated carbocycles. The number of nitrogens with zero attached hydrogens (tertiary/aromatic N) is 2. The number of hydrogen-bond acceptors (Lipinski definition) is 4. The molecule has 0 bridgehead atoms. The normalized spacial score (nSPS) is 23.1. The number of rotatable bonds is 2. The molecule has 1 N–H and O–H groups in total. The van der Waals surface area contributed by atoms with E-state index in [1.165, 1.54) is 16.4 Å². The van der Waals surface area contributed by atoms with E-state index in [1.807, 2.05) is 0 Å². The molecule has 2 rings (SSSR count). The maximum absolute atomic E-state index is 11.3. The van der Waals surface area contributed by atoms with Crippen LogP contribution in [-0.4, -0.2) is 34.2 Å². The van der Waals surface area contributed by atoms with Gasteiger partial charge in [0.15, 0.2) is 0 Å². The first kappa shape index (κ1) is 9.73. The molecule has 78 valence electrons. The first-order valence-electron chi connectivity index (χ1n) is 4.76. The van der Waals surface area contributed by atoms with Crippen LogP contribution in [0.1, 0.15) is 12.8 Å². The number of thiazole rings is 1. The van der Waals surface area contributed by atoms with Gasteiger partial charge in [-0.05, 0) is 26.4 Å². The second-order valence-corrected chi connectivity index (χ2v) is 4.57. The van der Waals surface area contributed by atoms with E-state index in [2.05, 4.69) is 11.9 Å². The number of likely N-dealkylation sites (tertiary alicyclic amines) is 1. The zero-order chi connectivity index (χ0) is 10.1. The zero-order valence-corrected chi connectivity index (χ0v) is 8.96. The van der Waals surface area contributed by atoms with Crippen molar-refractivity contribution in [1.29, 1.82) is 0 Å². The number of aromatic hydroxyl groups is 1. The van der Waals surface area contributed by atoms with Crippen molar-refractivity contribution in [2.24, 2.45) is 0 Å². The zero-order valence-electron chi connectivity index (χ0n) is 8.14. The predicted octanol–water partition coefficient (Wildman–Crippen LogP) is 0.710. The van der Waals surface area contributed by atoms with E-state index in [4.69, 9.17) is 0 Å². The number of likely N-dealkylation sites (N-methyl/N-ethyl adjacent to an activating group) is 1. The predicted molar refractivity (Wildman–Crippen MR) is 55.9 cm³/mol. The molecule has 1 aromatic heterocycles. The van der Waals surface area contributed by atoms with Gasteiger partial charge in [-0.25, -0.2) is 0 Å². The quantitative estimate of drug-likeness (QED) is 0.788. The molecule has 1 aliphatic rings. The van der Waals surface area contributed by atoms with Crippen molar-refractivity contribution in [3.05, 3.63) is 15.0 Å². The Morgan fingerprint density at radius 3 is 3.00 bits per heavy atom. The van der Waals surface area contributed by atoms with E-state index in [1.54, 1.807) is 0 Å². The van der Waals surface area contributed by atoms with Crippen LogP contribution in [0.4, 0.5) is 0 Å². The molecule has 1 aromatic rings. The molecule has 1 atom stereocenters. The molecule has 0 aromatic carbocycles. The fourth-order valence-electron chi connectivity index (χ4n) is 1.91. The Balaban J connectivity index is 2.14. The highest BCUT2D eigenvalue weighted by Gasteiger charge is 2.22. The van der Waals surface area contributed by atoms with E-state index in [9.17, 15) is 9.90 Å². The first-order valence-corrected chi connectivity index (χ1v) is 5.64. The summed E-state index contributed by atoms with van der Waals surface area (Å²) in [6.45, 7) is 1.70. The minimum Gasteiger partial charge on any atom is -0.494 e. The molecular weight excluding hydrogens is 200 g/mol. The van der Waals surface area contributed by atoms with Crippen LogP contribution in [0.2, 0.25) is 0 Å². The highest BCUT2D eigenvalue weighted by Crippen LogP contribution is 2.18. The fraction of sp³-hybridized carbons (Fsp3) is 0.667. The summed E-state index contributed by atoms with van der Waals surface area (Å²) < 4.78 is 1.46. The summed E-state index contributed by atoms with van der Waals surface area (Å²) in [6, 6.07) is 0.396. The highest BCUT2D eigenvalue weighted by molar-refractivity contribution is 7.07. The molecule has 0 aliphatic carbocycles. The van der Waals surface area contributed by atoms with Gasteiger partial charge in [-0.15, -0.1) is 0 Å². The Morgan fingerprint density at radius 1 is 1.71 bits per heavy atom. The highest BCUT2D eigenvalue weighted by atomic mass is 32.1. The Morgan fingerprint density at radius 2 is 2.50 bits per heavy atom. The van der Waals surface area contributed by atoms with Crippen molar-refractivity contribution in [2.45, 2.75) is 25.4 Å². The van der Waals surface area contributed by atoms with Crippen molar-refractivity contribution in [2.75, 3.05) is 13.6 Å². The van der Waals surface area contributed by atoms with Gasteiger partial charge in [0.25, 0.3) is 0 Å². The molecule has 14 heavy (non-hydrogen) atoms. The van der Waals surface area contributed by atoms with Crippen molar-refractivity contribution in [3.8, 4) is 5.88 Å². The van der Waals surface area contributed by atoms with E-state index >= 15 is 0 Å². The summed E-state index contributed by atoms with van der Waals surface area (Å²) in [5.41, 5.74) is 0. The molecule has 0 unspecified atom stereocenters. The smallest absolute Gasteiger partial charge is 0.310 e. The molecule has 0 radical (unpaired) electrons. The second kappa shape index (κ2) is 3.74. The molecule has 2 heterocycles. The van der Waals surface area contributed by atoms with Crippen molar-refractivity contribution in [3.63, 3.8) is 0 Å². The standard InChI is InChI=1S/C9H14N2O2S/c1-10-4-2-3-7(10)5-11-8(12)6-14-9(11)13/h6-7,12H,2-5H2,1H3/t7-/m0/s1. The van der Waals surface area contributed by atoms with Crippen LogP contribution in [-0.2, 0) is 6.54 Å². The molecule has 4 nitrogen and oxygen atoms in total. The van der Waals surface area contributed by atoms with Gasteiger partial charge in [0, 0.05) is 12.6 Å². The summed E-state index contributed by atoms with van der Waals surface area (Å²) in [5, 5.41) is 10.9. The van der Waals surface area contributed by atoms with Crippen molar-refractivity contribution < 1.29 is 5.11 Å². The topological polar surface area (TPSA) is 45.5 Å². The van der Waals surface area contributed by atoms with Crippen molar-refractivity contribution >= 4 is 11.3 Å². The van der Waals surface area contributed by atoms with Crippen LogP contribution < -0.4 is 4.87 Å². The summed E-state index contributed by atoms with van der Waals surface area (Å²) in [4.78, 5) is 13.5. The first-order chi connectivity index (χ1) is 6.68. The van der Waals surface area contributed by atoms with Gasteiger partial charge in [0.2, 0.25) is 5.88 Å². The van der Waals surface area contributed by atoms with Gasteiger partial charge < -0.3 is 10.0 Å². The lowest BCUT2D eigenvalue weighted by Crippen LogP contribution is -2.31. The maximum atomic E-state index is 11.3. The average Bonchev–Trinajstić information content (AvgIpc) is 2.67. The number of aromatic nitrogens is 1. The summed E-state index contributed by atoms with van der Waals surface area (Å²) in [6.07, 6.45) is 2.29.